The largest absolute Gasteiger partial charge is 0.466 e. The Kier molecular flexibility index (Phi) is 3.22. The van der Waals surface area contributed by atoms with E-state index in [1.165, 1.54) is 16.2 Å². The highest BCUT2D eigenvalue weighted by atomic mass is 32.1. The summed E-state index contributed by atoms with van der Waals surface area (Å²) in [5.74, 6) is 1.05. The molecule has 1 atom stereocenters. The van der Waals surface area contributed by atoms with Crippen molar-refractivity contribution in [3.63, 3.8) is 0 Å². The fourth-order valence-electron chi connectivity index (χ4n) is 4.12. The molecule has 1 spiro atoms. The van der Waals surface area contributed by atoms with E-state index in [1.54, 1.807) is 11.3 Å². The van der Waals surface area contributed by atoms with Crippen molar-refractivity contribution in [2.45, 2.75) is 31.0 Å². The van der Waals surface area contributed by atoms with E-state index in [2.05, 4.69) is 58.7 Å². The van der Waals surface area contributed by atoms with Gasteiger partial charge in [-0.2, -0.15) is 5.10 Å². The maximum atomic E-state index is 6.58. The van der Waals surface area contributed by atoms with E-state index in [1.807, 2.05) is 0 Å². The lowest BCUT2D eigenvalue weighted by Crippen LogP contribution is -2.58. The van der Waals surface area contributed by atoms with Crippen molar-refractivity contribution >= 4 is 17.0 Å². The standard InChI is InChI=1S/C19H21N3OS/c1-21-10-8-19(9-11-21)22-16(14-5-2-3-6-17(14)23-19)13-15(20-22)18-7-4-12-24-18/h2-7,12,16H,8-11,13H2,1H3/t16-/m1/s1. The molecule has 1 aromatic carbocycles. The number of likely N-dealkylation sites (tertiary alicyclic amines) is 1. The molecule has 5 heteroatoms. The number of thiophene rings is 1. The number of hydrazone groups is 1. The number of para-hydroxylation sites is 1. The van der Waals surface area contributed by atoms with Crippen LogP contribution in [0, 0.1) is 0 Å². The number of ether oxygens (including phenoxy) is 1. The monoisotopic (exact) mass is 339 g/mol. The van der Waals surface area contributed by atoms with Crippen molar-refractivity contribution in [2.75, 3.05) is 20.1 Å². The Morgan fingerprint density at radius 1 is 1.17 bits per heavy atom. The highest BCUT2D eigenvalue weighted by Crippen LogP contribution is 2.49. The van der Waals surface area contributed by atoms with Gasteiger partial charge < -0.3 is 9.64 Å². The van der Waals surface area contributed by atoms with Gasteiger partial charge in [0.15, 0.2) is 0 Å². The zero-order chi connectivity index (χ0) is 16.1. The van der Waals surface area contributed by atoms with Gasteiger partial charge in [0.1, 0.15) is 5.75 Å². The van der Waals surface area contributed by atoms with E-state index in [9.17, 15) is 0 Å². The van der Waals surface area contributed by atoms with Crippen LogP contribution in [0.25, 0.3) is 0 Å². The van der Waals surface area contributed by atoms with Crippen LogP contribution in [0.15, 0.2) is 46.9 Å². The van der Waals surface area contributed by atoms with Gasteiger partial charge in [0.2, 0.25) is 5.72 Å². The van der Waals surface area contributed by atoms with Gasteiger partial charge in [0, 0.05) is 37.9 Å². The molecule has 0 saturated carbocycles. The Morgan fingerprint density at radius 3 is 2.79 bits per heavy atom. The third kappa shape index (κ3) is 2.11. The van der Waals surface area contributed by atoms with E-state index in [4.69, 9.17) is 9.84 Å². The molecule has 1 aromatic heterocycles. The first-order valence-corrected chi connectivity index (χ1v) is 9.50. The van der Waals surface area contributed by atoms with E-state index in [-0.39, 0.29) is 5.72 Å². The van der Waals surface area contributed by atoms with Crippen molar-refractivity contribution in [1.29, 1.82) is 0 Å². The quantitative estimate of drug-likeness (QED) is 0.793. The Balaban J connectivity index is 1.59. The number of hydrogen-bond donors (Lipinski definition) is 0. The van der Waals surface area contributed by atoms with Gasteiger partial charge in [-0.3, -0.25) is 0 Å². The molecule has 0 N–H and O–H groups in total. The van der Waals surface area contributed by atoms with Crippen LogP contribution in [-0.2, 0) is 0 Å². The third-order valence-electron chi connectivity index (χ3n) is 5.48. The molecule has 5 rings (SSSR count). The Labute approximate surface area is 146 Å². The molecule has 124 valence electrons. The van der Waals surface area contributed by atoms with Gasteiger partial charge in [-0.1, -0.05) is 24.3 Å². The molecular formula is C19H21N3OS. The lowest BCUT2D eigenvalue weighted by Gasteiger charge is -2.50. The van der Waals surface area contributed by atoms with Gasteiger partial charge >= 0.3 is 0 Å². The first kappa shape index (κ1) is 14.5. The number of piperidine rings is 1. The minimum atomic E-state index is -0.287. The summed E-state index contributed by atoms with van der Waals surface area (Å²) in [5, 5.41) is 9.49. The maximum Gasteiger partial charge on any atom is 0.200 e. The van der Waals surface area contributed by atoms with Crippen LogP contribution in [0.1, 0.15) is 35.7 Å². The summed E-state index contributed by atoms with van der Waals surface area (Å²) in [6.45, 7) is 2.10. The average Bonchev–Trinajstić information content (AvgIpc) is 3.27. The lowest BCUT2D eigenvalue weighted by atomic mass is 9.91. The van der Waals surface area contributed by atoms with Crippen LogP contribution in [0.4, 0.5) is 0 Å². The summed E-state index contributed by atoms with van der Waals surface area (Å²) in [6, 6.07) is 13.1. The number of nitrogens with zero attached hydrogens (tertiary/aromatic N) is 3. The van der Waals surface area contributed by atoms with Crippen molar-refractivity contribution < 1.29 is 4.74 Å². The van der Waals surface area contributed by atoms with Crippen molar-refractivity contribution in [1.82, 2.24) is 9.91 Å². The Bertz CT molecular complexity index is 778. The molecule has 3 aliphatic rings. The second-order valence-corrected chi connectivity index (χ2v) is 7.93. The van der Waals surface area contributed by atoms with E-state index >= 15 is 0 Å². The van der Waals surface area contributed by atoms with Gasteiger partial charge in [-0.05, 0) is 24.6 Å². The molecule has 1 saturated heterocycles. The molecule has 0 unspecified atom stereocenters. The first-order chi connectivity index (χ1) is 11.8. The molecule has 3 aliphatic heterocycles. The fraction of sp³-hybridized carbons (Fsp3) is 0.421. The normalized spacial score (nSPS) is 25.1. The van der Waals surface area contributed by atoms with Crippen molar-refractivity contribution in [3.05, 3.63) is 52.2 Å². The molecular weight excluding hydrogens is 318 g/mol. The molecule has 4 heterocycles. The van der Waals surface area contributed by atoms with Crippen LogP contribution in [0.5, 0.6) is 5.75 Å². The number of fused-ring (bicyclic) bond motifs is 4. The maximum absolute atomic E-state index is 6.58. The molecule has 4 nitrogen and oxygen atoms in total. The van der Waals surface area contributed by atoms with Gasteiger partial charge in [-0.15, -0.1) is 11.3 Å². The highest BCUT2D eigenvalue weighted by molar-refractivity contribution is 7.12. The molecule has 0 aliphatic carbocycles. The van der Waals surface area contributed by atoms with Crippen LogP contribution in [0.3, 0.4) is 0 Å². The summed E-state index contributed by atoms with van der Waals surface area (Å²) in [6.07, 6.45) is 2.96. The Morgan fingerprint density at radius 2 is 2.00 bits per heavy atom. The smallest absolute Gasteiger partial charge is 0.200 e. The lowest BCUT2D eigenvalue weighted by molar-refractivity contribution is -0.147. The molecule has 0 bridgehead atoms. The SMILES string of the molecule is CN1CCC2(CC1)Oc1ccccc1[C@H]1CC(c3cccs3)=NN12. The second-order valence-electron chi connectivity index (χ2n) is 6.98. The Hall–Kier alpha value is -1.85. The third-order valence-corrected chi connectivity index (χ3v) is 6.40. The zero-order valence-corrected chi connectivity index (χ0v) is 14.6. The number of rotatable bonds is 1. The van der Waals surface area contributed by atoms with Crippen LogP contribution in [0.2, 0.25) is 0 Å². The minimum absolute atomic E-state index is 0.287. The predicted octanol–water partition coefficient (Wildman–Crippen LogP) is 3.71. The summed E-state index contributed by atoms with van der Waals surface area (Å²) < 4.78 is 6.58. The average molecular weight is 339 g/mol. The molecule has 0 amide bonds. The van der Waals surface area contributed by atoms with E-state index < -0.39 is 0 Å². The zero-order valence-electron chi connectivity index (χ0n) is 13.8. The molecule has 1 fully saturated rings. The first-order valence-electron chi connectivity index (χ1n) is 8.62. The summed E-state index contributed by atoms with van der Waals surface area (Å²) >= 11 is 1.78. The fourth-order valence-corrected chi connectivity index (χ4v) is 4.84. The number of benzene rings is 1. The van der Waals surface area contributed by atoms with Crippen molar-refractivity contribution in [2.24, 2.45) is 5.10 Å². The highest BCUT2D eigenvalue weighted by Gasteiger charge is 2.51. The van der Waals surface area contributed by atoms with Crippen LogP contribution in [-0.4, -0.2) is 41.5 Å². The van der Waals surface area contributed by atoms with E-state index in [0.29, 0.717) is 6.04 Å². The van der Waals surface area contributed by atoms with Crippen LogP contribution >= 0.6 is 11.3 Å². The molecule has 2 aromatic rings. The molecule has 24 heavy (non-hydrogen) atoms. The summed E-state index contributed by atoms with van der Waals surface area (Å²) in [7, 11) is 2.19. The topological polar surface area (TPSA) is 28.1 Å². The molecule has 0 radical (unpaired) electrons. The van der Waals surface area contributed by atoms with Crippen LogP contribution < -0.4 is 4.74 Å². The van der Waals surface area contributed by atoms with Gasteiger partial charge in [-0.25, -0.2) is 5.01 Å². The summed E-state index contributed by atoms with van der Waals surface area (Å²) in [4.78, 5) is 3.66. The minimum Gasteiger partial charge on any atom is -0.466 e. The number of hydrogen-bond acceptors (Lipinski definition) is 5. The van der Waals surface area contributed by atoms with E-state index in [0.717, 1.165) is 38.1 Å². The van der Waals surface area contributed by atoms with Gasteiger partial charge in [0.05, 0.1) is 16.6 Å². The predicted molar refractivity (Wildman–Crippen MR) is 96.6 cm³/mol. The second kappa shape index (κ2) is 5.33. The van der Waals surface area contributed by atoms with Gasteiger partial charge in [0.25, 0.3) is 0 Å². The summed E-state index contributed by atoms with van der Waals surface area (Å²) in [5.41, 5.74) is 2.19. The van der Waals surface area contributed by atoms with Crippen molar-refractivity contribution in [3.8, 4) is 5.75 Å².